The molecule has 16 nitrogen and oxygen atoms in total. The number of nitrogens with two attached hydrogens (primary N) is 1. The second-order valence-corrected chi connectivity index (χ2v) is 11.2. The van der Waals surface area contributed by atoms with E-state index in [1.165, 1.54) is 6.07 Å². The number of hydrogen-bond donors (Lipinski definition) is 2. The van der Waals surface area contributed by atoms with Gasteiger partial charge in [-0.05, 0) is 52.5 Å². The summed E-state index contributed by atoms with van der Waals surface area (Å²) in [5.41, 5.74) is 2.61. The molecule has 3 rings (SSSR count). The Bertz CT molecular complexity index is 1130. The van der Waals surface area contributed by atoms with Crippen LogP contribution in [0, 0.1) is 5.92 Å². The van der Waals surface area contributed by atoms with E-state index in [4.69, 9.17) is 33.5 Å². The fourth-order valence-corrected chi connectivity index (χ4v) is 4.79. The minimum Gasteiger partial charge on any atom is -0.432 e. The number of alkyl halides is 1. The first-order chi connectivity index (χ1) is 18.7. The van der Waals surface area contributed by atoms with Gasteiger partial charge < -0.3 is 34.5 Å². The van der Waals surface area contributed by atoms with Crippen LogP contribution < -0.4 is 11.4 Å². The van der Waals surface area contributed by atoms with Crippen LogP contribution in [-0.2, 0) is 47.6 Å². The lowest BCUT2D eigenvalue weighted by atomic mass is 9.89. The quantitative estimate of drug-likeness (QED) is 0.190. The number of ether oxygens (including phenoxy) is 5. The Kier molecular flexibility index (Phi) is 10.1. The molecular formula is C22H33FN3O13P. The standard InChI is InChI=1S/C22H33FN3O13P/c1-13(2)38-19(29)32-11-36-40(31,37-12-33-20(30)39-14(3)4)35-9-21(15-5-6-15)17(27)22(23,10-34-21)26-8-7-16(24)25-18(26)28/h7-8,13-15,17,27H,5-6,9-12H2,1-4H3,(H2,24,25,28)/t17-,21+,22-/m1/s1. The minimum atomic E-state index is -4.74. The molecule has 0 radical (unpaired) electrons. The summed E-state index contributed by atoms with van der Waals surface area (Å²) in [4.78, 5) is 39.1. The van der Waals surface area contributed by atoms with E-state index in [2.05, 4.69) is 14.5 Å². The molecule has 0 spiro atoms. The van der Waals surface area contributed by atoms with Crippen LogP contribution in [-0.4, -0.2) is 77.7 Å². The summed E-state index contributed by atoms with van der Waals surface area (Å²) in [6, 6.07) is 1.17. The van der Waals surface area contributed by atoms with Gasteiger partial charge in [0.1, 0.15) is 24.1 Å². The van der Waals surface area contributed by atoms with Gasteiger partial charge in [-0.25, -0.2) is 32.4 Å². The molecule has 0 aromatic carbocycles. The molecule has 1 aliphatic heterocycles. The maximum Gasteiger partial charge on any atom is 0.510 e. The summed E-state index contributed by atoms with van der Waals surface area (Å²) in [5.74, 6) is -3.38. The fraction of sp³-hybridized carbons (Fsp3) is 0.727. The molecule has 0 bridgehead atoms. The van der Waals surface area contributed by atoms with Gasteiger partial charge in [0, 0.05) is 6.20 Å². The highest BCUT2D eigenvalue weighted by atomic mass is 31.2. The smallest absolute Gasteiger partial charge is 0.432 e. The van der Waals surface area contributed by atoms with Crippen LogP contribution in [0.2, 0.25) is 0 Å². The van der Waals surface area contributed by atoms with Crippen LogP contribution in [0.3, 0.4) is 0 Å². The van der Waals surface area contributed by atoms with Gasteiger partial charge in [0.15, 0.2) is 0 Å². The van der Waals surface area contributed by atoms with Gasteiger partial charge in [-0.3, -0.25) is 9.09 Å². The van der Waals surface area contributed by atoms with E-state index in [9.17, 15) is 24.1 Å². The maximum absolute atomic E-state index is 16.1. The Morgan fingerprint density at radius 2 is 1.70 bits per heavy atom. The number of phosphoric ester groups is 1. The molecule has 2 fully saturated rings. The highest BCUT2D eigenvalue weighted by Gasteiger charge is 2.66. The van der Waals surface area contributed by atoms with E-state index in [1.807, 2.05) is 0 Å². The highest BCUT2D eigenvalue weighted by molar-refractivity contribution is 7.48. The number of nitrogens with zero attached hydrogens (tertiary/aromatic N) is 2. The van der Waals surface area contributed by atoms with Crippen LogP contribution in [0.15, 0.2) is 17.1 Å². The Hall–Kier alpha value is -2.82. The summed E-state index contributed by atoms with van der Waals surface area (Å²) < 4.78 is 70.0. The number of carbonyl (C=O) groups is 2. The normalized spacial score (nSPS) is 24.8. The van der Waals surface area contributed by atoms with E-state index in [-0.39, 0.29) is 5.82 Å². The monoisotopic (exact) mass is 597 g/mol. The molecule has 2 aliphatic rings. The number of rotatable bonds is 13. The molecule has 3 N–H and O–H groups in total. The first kappa shape index (κ1) is 31.7. The summed E-state index contributed by atoms with van der Waals surface area (Å²) in [6.45, 7) is 2.78. The van der Waals surface area contributed by atoms with Gasteiger partial charge >= 0.3 is 25.8 Å². The van der Waals surface area contributed by atoms with Crippen molar-refractivity contribution in [1.82, 2.24) is 9.55 Å². The number of halogens is 1. The van der Waals surface area contributed by atoms with E-state index in [0.717, 1.165) is 6.20 Å². The molecule has 3 atom stereocenters. The summed E-state index contributed by atoms with van der Waals surface area (Å²) >= 11 is 0. The first-order valence-electron chi connectivity index (χ1n) is 12.3. The molecule has 18 heteroatoms. The van der Waals surface area contributed by atoms with Gasteiger partial charge in [0.2, 0.25) is 19.4 Å². The van der Waals surface area contributed by atoms with Gasteiger partial charge in [-0.15, -0.1) is 0 Å². The van der Waals surface area contributed by atoms with Crippen LogP contribution in [0.25, 0.3) is 0 Å². The zero-order valence-corrected chi connectivity index (χ0v) is 23.2. The van der Waals surface area contributed by atoms with Crippen LogP contribution in [0.4, 0.5) is 19.8 Å². The van der Waals surface area contributed by atoms with Crippen molar-refractivity contribution >= 4 is 26.0 Å². The number of hydrogen-bond acceptors (Lipinski definition) is 15. The third-order valence-electron chi connectivity index (χ3n) is 5.81. The molecule has 2 heterocycles. The molecule has 0 unspecified atom stereocenters. The maximum atomic E-state index is 16.1. The highest BCUT2D eigenvalue weighted by Crippen LogP contribution is 2.56. The molecule has 1 aromatic heterocycles. The van der Waals surface area contributed by atoms with Crippen molar-refractivity contribution in [2.24, 2.45) is 5.92 Å². The minimum absolute atomic E-state index is 0.149. The number of phosphoric acid groups is 1. The second-order valence-electron chi connectivity index (χ2n) is 9.58. The predicted molar refractivity (Wildman–Crippen MR) is 130 cm³/mol. The van der Waals surface area contributed by atoms with Crippen molar-refractivity contribution in [2.45, 2.75) is 70.2 Å². The lowest BCUT2D eigenvalue weighted by Gasteiger charge is -2.35. The lowest BCUT2D eigenvalue weighted by Crippen LogP contribution is -2.55. The van der Waals surface area contributed by atoms with Crippen molar-refractivity contribution in [2.75, 3.05) is 32.5 Å². The zero-order valence-electron chi connectivity index (χ0n) is 22.3. The van der Waals surface area contributed by atoms with Gasteiger partial charge in [-0.2, -0.15) is 4.98 Å². The lowest BCUT2D eigenvalue weighted by molar-refractivity contribution is -0.123. The molecule has 1 saturated carbocycles. The average molecular weight is 597 g/mol. The zero-order chi connectivity index (χ0) is 29.7. The molecule has 40 heavy (non-hydrogen) atoms. The van der Waals surface area contributed by atoms with Gasteiger partial charge in [-0.1, -0.05) is 0 Å². The van der Waals surface area contributed by atoms with E-state index in [0.29, 0.717) is 17.4 Å². The summed E-state index contributed by atoms with van der Waals surface area (Å²) in [6.07, 6.45) is -3.32. The van der Waals surface area contributed by atoms with Crippen LogP contribution >= 0.6 is 7.82 Å². The van der Waals surface area contributed by atoms with E-state index >= 15 is 4.39 Å². The number of anilines is 1. The van der Waals surface area contributed by atoms with E-state index < -0.39 is 88.2 Å². The number of carbonyl (C=O) groups excluding carboxylic acids is 2. The number of aliphatic hydroxyl groups excluding tert-OH is 1. The van der Waals surface area contributed by atoms with Crippen LogP contribution in [0.1, 0.15) is 40.5 Å². The topological polar surface area (TPSA) is 206 Å². The van der Waals surface area contributed by atoms with Gasteiger partial charge in [0.05, 0.1) is 18.8 Å². The Morgan fingerprint density at radius 3 is 2.17 bits per heavy atom. The third kappa shape index (κ3) is 7.67. The first-order valence-corrected chi connectivity index (χ1v) is 13.7. The number of aliphatic hydroxyl groups is 1. The summed E-state index contributed by atoms with van der Waals surface area (Å²) in [5, 5.41) is 11.1. The molecule has 1 aliphatic carbocycles. The largest absolute Gasteiger partial charge is 0.510 e. The second kappa shape index (κ2) is 12.8. The predicted octanol–water partition coefficient (Wildman–Crippen LogP) is 2.18. The van der Waals surface area contributed by atoms with Crippen molar-refractivity contribution in [3.63, 3.8) is 0 Å². The molecule has 1 saturated heterocycles. The van der Waals surface area contributed by atoms with Gasteiger partial charge in [0.25, 0.3) is 0 Å². The summed E-state index contributed by atoms with van der Waals surface area (Å²) in [7, 11) is -4.74. The Balaban J connectivity index is 1.75. The van der Waals surface area contributed by atoms with Crippen molar-refractivity contribution in [3.8, 4) is 0 Å². The van der Waals surface area contributed by atoms with Crippen molar-refractivity contribution in [1.29, 1.82) is 0 Å². The number of nitrogen functional groups attached to an aromatic ring is 1. The molecule has 0 amide bonds. The third-order valence-corrected chi connectivity index (χ3v) is 7.10. The van der Waals surface area contributed by atoms with E-state index in [1.54, 1.807) is 27.7 Å². The average Bonchev–Trinajstić information content (AvgIpc) is 3.65. The molecule has 226 valence electrons. The molecular weight excluding hydrogens is 564 g/mol. The Morgan fingerprint density at radius 1 is 1.15 bits per heavy atom. The fourth-order valence-electron chi connectivity index (χ4n) is 3.84. The number of aromatic nitrogens is 2. The van der Waals surface area contributed by atoms with Crippen LogP contribution in [0.5, 0.6) is 0 Å². The van der Waals surface area contributed by atoms with Crippen molar-refractivity contribution in [3.05, 3.63) is 22.7 Å². The Labute approximate surface area is 228 Å². The SMILES string of the molecule is CC(C)OC(=O)OCOP(=O)(OCOC(=O)OC(C)C)OC[C@@]1(C2CC2)OC[C@@](F)(n2ccc(N)nc2=O)[C@@H]1O. The molecule has 1 aromatic rings. The van der Waals surface area contributed by atoms with Crippen molar-refractivity contribution < 1.29 is 60.9 Å².